The van der Waals surface area contributed by atoms with E-state index >= 15 is 0 Å². The molecule has 0 aromatic carbocycles. The molecule has 1 aliphatic carbocycles. The van der Waals surface area contributed by atoms with Crippen LogP contribution in [0.25, 0.3) is 0 Å². The lowest BCUT2D eigenvalue weighted by Gasteiger charge is -2.47. The average molecular weight is 995 g/mol. The summed E-state index contributed by atoms with van der Waals surface area (Å²) in [6.45, 7) is 19.3. The molecule has 1 fully saturated rings. The summed E-state index contributed by atoms with van der Waals surface area (Å²) >= 11 is 0. The SMILES string of the molecule is CCCCOCC(O)COC[Si](O)(O)O[Si](C)(C)O[Si](C)(C)[Si](C)(O[Si](C)(C)C)O[Si](O)(O)COCC(O)COCC1CCC1O.CCOCO.CO.O=CC=O.O=CC=O. The number of hydrogen-bond acceptors (Lipinski definition) is 22. The van der Waals surface area contributed by atoms with E-state index in [-0.39, 0.29) is 70.4 Å². The van der Waals surface area contributed by atoms with Gasteiger partial charge < -0.3 is 84.9 Å². The number of ether oxygens (including phenoxy) is 5. The molecule has 1 aliphatic rings. The molecule has 0 amide bonds. The van der Waals surface area contributed by atoms with E-state index in [2.05, 4.69) is 4.74 Å². The van der Waals surface area contributed by atoms with Crippen molar-refractivity contribution in [1.82, 2.24) is 0 Å². The van der Waals surface area contributed by atoms with E-state index in [0.29, 0.717) is 19.8 Å². The van der Waals surface area contributed by atoms with Crippen LogP contribution in [0.5, 0.6) is 0 Å². The van der Waals surface area contributed by atoms with Gasteiger partial charge in [-0.1, -0.05) is 13.3 Å². The van der Waals surface area contributed by atoms with Crippen LogP contribution in [0.2, 0.25) is 52.4 Å². The third-order valence-corrected chi connectivity index (χ3v) is 34.3. The summed E-state index contributed by atoms with van der Waals surface area (Å²) in [4.78, 5) is 78.5. The number of aldehydes is 4. The number of rotatable bonds is 30. The van der Waals surface area contributed by atoms with Gasteiger partial charge in [-0.25, -0.2) is 0 Å². The van der Waals surface area contributed by atoms with Gasteiger partial charge in [0.05, 0.1) is 39.1 Å². The number of hydrogen-bond donors (Lipinski definition) is 9. The highest BCUT2D eigenvalue weighted by Crippen LogP contribution is 2.32. The molecule has 0 heterocycles. The summed E-state index contributed by atoms with van der Waals surface area (Å²) < 4.78 is 50.8. The lowest BCUT2D eigenvalue weighted by molar-refractivity contribution is -0.122. The van der Waals surface area contributed by atoms with Gasteiger partial charge >= 0.3 is 34.2 Å². The van der Waals surface area contributed by atoms with Crippen molar-refractivity contribution in [2.75, 3.05) is 72.6 Å². The fraction of sp³-hybridized carbons (Fsp3) is 0.879. The highest BCUT2D eigenvalue weighted by molar-refractivity contribution is 7.36. The standard InChI is InChI=1S/C25H62O15Si6.C3H8O2.2C2H2O2.CH4O/c1-10-11-14-33-16-23(26)18-35-20-45(29,30)39-42(5,6)38-43(7,8)44(9,37-41(2,3)4)40-46(31,32)21-36-19-24(27)17-34-15-22-12-13-25(22)28;1-2-5-3-4;2*3-1-2-4;1-2/h22-32H,10-21H2,1-9H3;4H,2-3H2,1H3;2*1-2H;2H,1H3. The van der Waals surface area contributed by atoms with Crippen LogP contribution in [0.1, 0.15) is 39.5 Å². The fourth-order valence-electron chi connectivity index (χ4n) is 4.75. The van der Waals surface area contributed by atoms with Gasteiger partial charge in [0.15, 0.2) is 33.5 Å². The van der Waals surface area contributed by atoms with E-state index < -0.39 is 75.1 Å². The first kappa shape index (κ1) is 66.9. The minimum absolute atomic E-state index is 0.0201. The zero-order chi connectivity index (χ0) is 48.4. The van der Waals surface area contributed by atoms with Crippen LogP contribution < -0.4 is 0 Å². The van der Waals surface area contributed by atoms with Crippen LogP contribution in [-0.4, -0.2) is 211 Å². The molecule has 9 N–H and O–H groups in total. The summed E-state index contributed by atoms with van der Waals surface area (Å²) in [6, 6.07) is 0. The second-order valence-corrected chi connectivity index (χ2v) is 40.3. The maximum atomic E-state index is 11.0. The van der Waals surface area contributed by atoms with Crippen molar-refractivity contribution in [1.29, 1.82) is 0 Å². The largest absolute Gasteiger partial charge is 0.513 e. The van der Waals surface area contributed by atoms with Crippen molar-refractivity contribution in [2.24, 2.45) is 5.92 Å². The molecule has 5 unspecified atom stereocenters. The van der Waals surface area contributed by atoms with Gasteiger partial charge in [0.25, 0.3) is 0 Å². The predicted molar refractivity (Wildman–Crippen MR) is 235 cm³/mol. The minimum atomic E-state index is -4.50. The Hall–Kier alpha value is -0.739. The van der Waals surface area contributed by atoms with Gasteiger partial charge in [-0.05, 0) is 78.6 Å². The predicted octanol–water partition coefficient (Wildman–Crippen LogP) is -1.42. The molecule has 28 heteroatoms. The van der Waals surface area contributed by atoms with Crippen LogP contribution in [0.15, 0.2) is 0 Å². The maximum absolute atomic E-state index is 11.0. The molecule has 0 aliphatic heterocycles. The fourth-order valence-corrected chi connectivity index (χ4v) is 37.6. The number of carbonyl (C=O) groups is 4. The molecule has 5 atom stereocenters. The Morgan fingerprint density at radius 2 is 1.07 bits per heavy atom. The molecule has 0 spiro atoms. The number of aliphatic hydroxyl groups excluding tert-OH is 5. The minimum Gasteiger partial charge on any atom is -0.437 e. The van der Waals surface area contributed by atoms with Crippen molar-refractivity contribution in [3.05, 3.63) is 0 Å². The van der Waals surface area contributed by atoms with Crippen LogP contribution in [-0.2, 0) is 59.3 Å². The van der Waals surface area contributed by atoms with E-state index in [9.17, 15) is 34.5 Å². The smallest absolute Gasteiger partial charge is 0.437 e. The van der Waals surface area contributed by atoms with Crippen molar-refractivity contribution in [3.8, 4) is 0 Å². The molecule has 1 rings (SSSR count). The Balaban J connectivity index is -0.000000929. The Bertz CT molecular complexity index is 1080. The summed E-state index contributed by atoms with van der Waals surface area (Å²) in [6.07, 6.45) is 0.886. The first-order valence-corrected chi connectivity index (χ1v) is 36.1. The van der Waals surface area contributed by atoms with Crippen molar-refractivity contribution >= 4 is 75.5 Å². The van der Waals surface area contributed by atoms with Gasteiger partial charge in [0.1, 0.15) is 31.5 Å². The van der Waals surface area contributed by atoms with Gasteiger partial charge in [-0.3, -0.25) is 19.2 Å². The van der Waals surface area contributed by atoms with Crippen molar-refractivity contribution < 1.29 is 104 Å². The van der Waals surface area contributed by atoms with E-state index in [1.54, 1.807) is 19.6 Å². The Labute approximate surface area is 367 Å². The quantitative estimate of drug-likeness (QED) is 0.0131. The van der Waals surface area contributed by atoms with Gasteiger partial charge in [0, 0.05) is 26.2 Å². The summed E-state index contributed by atoms with van der Waals surface area (Å²) in [5, 5.41) is 44.7. The topological polar surface area (TPSA) is 333 Å². The molecule has 0 aromatic rings. The van der Waals surface area contributed by atoms with E-state index in [4.69, 9.17) is 64.8 Å². The van der Waals surface area contributed by atoms with Gasteiger partial charge in [-0.15, -0.1) is 0 Å². The number of aliphatic hydroxyl groups is 5. The van der Waals surface area contributed by atoms with E-state index in [1.165, 1.54) is 0 Å². The Morgan fingerprint density at radius 1 is 0.623 bits per heavy atom. The molecule has 1 saturated carbocycles. The normalized spacial score (nSPS) is 17.4. The first-order valence-electron chi connectivity index (χ1n) is 19.6. The zero-order valence-electron chi connectivity index (χ0n) is 37.9. The third kappa shape index (κ3) is 38.3. The van der Waals surface area contributed by atoms with Crippen LogP contribution in [0.3, 0.4) is 0 Å². The van der Waals surface area contributed by atoms with Crippen LogP contribution in [0, 0.1) is 5.92 Å². The second kappa shape index (κ2) is 36.5. The highest BCUT2D eigenvalue weighted by atomic mass is 29.3. The third-order valence-electron chi connectivity index (χ3n) is 7.44. The molecule has 0 bridgehead atoms. The second-order valence-electron chi connectivity index (χ2n) is 15.2. The van der Waals surface area contributed by atoms with Crippen LogP contribution in [0.4, 0.5) is 0 Å². The van der Waals surface area contributed by atoms with E-state index in [0.717, 1.165) is 32.8 Å². The molecule has 0 radical (unpaired) electrons. The van der Waals surface area contributed by atoms with Crippen LogP contribution >= 0.6 is 0 Å². The lowest BCUT2D eigenvalue weighted by Crippen LogP contribution is -2.73. The average Bonchev–Trinajstić information content (AvgIpc) is 3.13. The van der Waals surface area contributed by atoms with Crippen molar-refractivity contribution in [2.45, 2.75) is 110 Å². The zero-order valence-corrected chi connectivity index (χ0v) is 43.9. The van der Waals surface area contributed by atoms with Gasteiger partial charge in [-0.2, -0.15) is 0 Å². The summed E-state index contributed by atoms with van der Waals surface area (Å²) in [7, 11) is -20.2. The molecule has 22 nitrogen and oxygen atoms in total. The lowest BCUT2D eigenvalue weighted by atomic mass is 9.83. The van der Waals surface area contributed by atoms with Crippen molar-refractivity contribution in [3.63, 3.8) is 0 Å². The summed E-state index contributed by atoms with van der Waals surface area (Å²) in [5.74, 6) is 0.0694. The highest BCUT2D eigenvalue weighted by Gasteiger charge is 2.60. The number of unbranched alkanes of at least 4 members (excludes halogenated alkanes) is 1. The molecular weight excluding hydrogens is 917 g/mol. The van der Waals surface area contributed by atoms with Gasteiger partial charge in [0.2, 0.25) is 7.83 Å². The molecule has 61 heavy (non-hydrogen) atoms. The Kier molecular flexibility index (Phi) is 40.0. The molecular formula is C33H78O22Si6. The maximum Gasteiger partial charge on any atom is 0.513 e. The molecule has 366 valence electrons. The monoisotopic (exact) mass is 994 g/mol. The molecule has 0 aromatic heterocycles. The summed E-state index contributed by atoms with van der Waals surface area (Å²) in [5.41, 5.74) is 0. The number of carbonyl (C=O) groups excluding carboxylic acids is 4. The Morgan fingerprint density at radius 3 is 1.41 bits per heavy atom. The molecule has 0 saturated heterocycles. The van der Waals surface area contributed by atoms with E-state index in [1.807, 2.05) is 46.6 Å². The first-order chi connectivity index (χ1) is 28.2.